The van der Waals surface area contributed by atoms with Crippen LogP contribution in [0, 0.1) is 0 Å². The van der Waals surface area contributed by atoms with Crippen LogP contribution in [0.3, 0.4) is 0 Å². The number of ether oxygens (including phenoxy) is 1. The van der Waals surface area contributed by atoms with Gasteiger partial charge in [0.2, 0.25) is 0 Å². The van der Waals surface area contributed by atoms with E-state index in [0.717, 1.165) is 25.3 Å². The van der Waals surface area contributed by atoms with Crippen molar-refractivity contribution in [2.75, 3.05) is 25.4 Å². The Bertz CT molecular complexity index is 315. The summed E-state index contributed by atoms with van der Waals surface area (Å²) in [7, 11) is 0. The molecule has 1 aliphatic heterocycles. The minimum atomic E-state index is -0.436. The maximum absolute atomic E-state index is 12.0. The zero-order valence-electron chi connectivity index (χ0n) is 12.5. The molecule has 0 bridgehead atoms. The van der Waals surface area contributed by atoms with E-state index in [1.165, 1.54) is 0 Å². The number of rotatable bonds is 4. The highest BCUT2D eigenvalue weighted by molar-refractivity contribution is 7.97. The summed E-state index contributed by atoms with van der Waals surface area (Å²) in [5, 5.41) is 0. The van der Waals surface area contributed by atoms with Crippen LogP contribution in [0.4, 0.5) is 4.79 Å². The van der Waals surface area contributed by atoms with Gasteiger partial charge in [-0.3, -0.25) is 0 Å². The molecule has 1 rings (SSSR count). The third-order valence-electron chi connectivity index (χ3n) is 2.75. The van der Waals surface area contributed by atoms with Crippen LogP contribution in [0.2, 0.25) is 0 Å². The lowest BCUT2D eigenvalue weighted by atomic mass is 10.2. The molecule has 0 spiro atoms. The Labute approximate surface area is 121 Å². The first kappa shape index (κ1) is 16.4. The van der Waals surface area contributed by atoms with Crippen LogP contribution in [0.1, 0.15) is 34.1 Å². The highest BCUT2D eigenvalue weighted by atomic mass is 32.2. The third-order valence-corrected chi connectivity index (χ3v) is 4.13. The lowest BCUT2D eigenvalue weighted by Gasteiger charge is -2.39. The summed E-state index contributed by atoms with van der Waals surface area (Å²) in [4.78, 5) is 13.8. The fraction of sp³-hybridized carbons (Fsp3) is 0.786. The molecule has 1 unspecified atom stereocenters. The number of hydrogen-bond acceptors (Lipinski definition) is 4. The SMILES string of the molecule is C=CC1CN(C(=O)OC(C)(C)C)CCN1SCCC. The van der Waals surface area contributed by atoms with Gasteiger partial charge in [-0.25, -0.2) is 9.10 Å². The van der Waals surface area contributed by atoms with E-state index in [2.05, 4.69) is 17.8 Å². The first-order chi connectivity index (χ1) is 8.87. The third kappa shape index (κ3) is 5.45. The molecule has 19 heavy (non-hydrogen) atoms. The van der Waals surface area contributed by atoms with E-state index in [-0.39, 0.29) is 12.1 Å². The van der Waals surface area contributed by atoms with Crippen molar-refractivity contribution in [3.05, 3.63) is 12.7 Å². The topological polar surface area (TPSA) is 32.8 Å². The molecule has 5 heteroatoms. The van der Waals surface area contributed by atoms with Crippen molar-refractivity contribution in [3.8, 4) is 0 Å². The number of nitrogens with zero attached hydrogens (tertiary/aromatic N) is 2. The predicted octanol–water partition coefficient (Wildman–Crippen LogP) is 3.15. The minimum absolute atomic E-state index is 0.206. The smallest absolute Gasteiger partial charge is 0.410 e. The van der Waals surface area contributed by atoms with Crippen molar-refractivity contribution in [3.63, 3.8) is 0 Å². The van der Waals surface area contributed by atoms with Gasteiger partial charge in [-0.05, 0) is 27.2 Å². The highest BCUT2D eigenvalue weighted by Gasteiger charge is 2.30. The monoisotopic (exact) mass is 286 g/mol. The standard InChI is InChI=1S/C14H26N2O2S/c1-6-10-19-16-9-8-15(11-12(16)7-2)13(17)18-14(3,4)5/h7,12H,2,6,8-11H2,1,3-5H3. The van der Waals surface area contributed by atoms with Crippen LogP contribution in [0.5, 0.6) is 0 Å². The second-order valence-electron chi connectivity index (χ2n) is 5.70. The number of carbonyl (C=O) groups is 1. The van der Waals surface area contributed by atoms with E-state index in [0.29, 0.717) is 6.54 Å². The van der Waals surface area contributed by atoms with Gasteiger partial charge in [0, 0.05) is 25.4 Å². The molecule has 0 aromatic carbocycles. The zero-order valence-corrected chi connectivity index (χ0v) is 13.3. The van der Waals surface area contributed by atoms with Crippen LogP contribution < -0.4 is 0 Å². The van der Waals surface area contributed by atoms with Gasteiger partial charge in [0.05, 0.1) is 6.04 Å². The van der Waals surface area contributed by atoms with Crippen molar-refractivity contribution in [1.29, 1.82) is 0 Å². The van der Waals surface area contributed by atoms with Crippen LogP contribution in [0.15, 0.2) is 12.7 Å². The van der Waals surface area contributed by atoms with Crippen LogP contribution >= 0.6 is 11.9 Å². The first-order valence-electron chi connectivity index (χ1n) is 6.87. The van der Waals surface area contributed by atoms with Gasteiger partial charge in [0.25, 0.3) is 0 Å². The van der Waals surface area contributed by atoms with Gasteiger partial charge in [0.15, 0.2) is 0 Å². The summed E-state index contributed by atoms with van der Waals surface area (Å²) in [6, 6.07) is 0.206. The normalized spacial score (nSPS) is 21.3. The molecule has 1 atom stereocenters. The summed E-state index contributed by atoms with van der Waals surface area (Å²) in [6.45, 7) is 14.0. The molecule has 110 valence electrons. The van der Waals surface area contributed by atoms with Gasteiger partial charge in [-0.1, -0.05) is 24.9 Å². The van der Waals surface area contributed by atoms with Crippen molar-refractivity contribution in [2.24, 2.45) is 0 Å². The molecule has 0 aromatic rings. The van der Waals surface area contributed by atoms with Crippen LogP contribution in [-0.2, 0) is 4.74 Å². The van der Waals surface area contributed by atoms with E-state index in [4.69, 9.17) is 4.74 Å². The summed E-state index contributed by atoms with van der Waals surface area (Å²) < 4.78 is 7.73. The Morgan fingerprint density at radius 2 is 2.16 bits per heavy atom. The van der Waals surface area contributed by atoms with Crippen molar-refractivity contribution < 1.29 is 9.53 Å². The second-order valence-corrected chi connectivity index (χ2v) is 6.84. The molecule has 0 N–H and O–H groups in total. The van der Waals surface area contributed by atoms with Crippen molar-refractivity contribution >= 4 is 18.0 Å². The Kier molecular flexibility index (Phi) is 6.20. The summed E-state index contributed by atoms with van der Waals surface area (Å²) in [6.07, 6.45) is 2.85. The first-order valence-corrected chi connectivity index (χ1v) is 7.81. The highest BCUT2D eigenvalue weighted by Crippen LogP contribution is 2.22. The van der Waals surface area contributed by atoms with Gasteiger partial charge in [-0.2, -0.15) is 0 Å². The fourth-order valence-electron chi connectivity index (χ4n) is 1.85. The maximum atomic E-state index is 12.0. The van der Waals surface area contributed by atoms with Crippen LogP contribution in [0.25, 0.3) is 0 Å². The molecule has 1 aliphatic rings. The molecule has 1 heterocycles. The van der Waals surface area contributed by atoms with E-state index in [9.17, 15) is 4.79 Å². The zero-order chi connectivity index (χ0) is 14.5. The summed E-state index contributed by atoms with van der Waals surface area (Å²) in [5.41, 5.74) is -0.436. The molecule has 0 aromatic heterocycles. The number of hydrogen-bond donors (Lipinski definition) is 0. The number of carbonyl (C=O) groups excluding carboxylic acids is 1. The molecule has 1 fully saturated rings. The summed E-state index contributed by atoms with van der Waals surface area (Å²) >= 11 is 1.84. The Morgan fingerprint density at radius 3 is 2.68 bits per heavy atom. The summed E-state index contributed by atoms with van der Waals surface area (Å²) in [5.74, 6) is 1.11. The van der Waals surface area contributed by atoms with Gasteiger partial charge < -0.3 is 9.64 Å². The van der Waals surface area contributed by atoms with Crippen molar-refractivity contribution in [2.45, 2.75) is 45.8 Å². The van der Waals surface area contributed by atoms with Crippen LogP contribution in [-0.4, -0.2) is 52.3 Å². The van der Waals surface area contributed by atoms with Gasteiger partial charge in [0.1, 0.15) is 5.60 Å². The molecule has 0 aliphatic carbocycles. The maximum Gasteiger partial charge on any atom is 0.410 e. The lowest BCUT2D eigenvalue weighted by Crippen LogP contribution is -2.52. The Balaban J connectivity index is 2.54. The lowest BCUT2D eigenvalue weighted by molar-refractivity contribution is 0.0166. The minimum Gasteiger partial charge on any atom is -0.444 e. The van der Waals surface area contributed by atoms with Crippen molar-refractivity contribution in [1.82, 2.24) is 9.21 Å². The van der Waals surface area contributed by atoms with E-state index in [1.54, 1.807) is 4.90 Å². The predicted molar refractivity (Wildman–Crippen MR) is 81.2 cm³/mol. The van der Waals surface area contributed by atoms with E-state index in [1.807, 2.05) is 38.8 Å². The fourth-order valence-corrected chi connectivity index (χ4v) is 2.82. The van der Waals surface area contributed by atoms with Gasteiger partial charge >= 0.3 is 6.09 Å². The molecular weight excluding hydrogens is 260 g/mol. The molecule has 4 nitrogen and oxygen atoms in total. The van der Waals surface area contributed by atoms with E-state index >= 15 is 0 Å². The average Bonchev–Trinajstić information content (AvgIpc) is 2.34. The molecular formula is C14H26N2O2S. The Hall–Kier alpha value is -0.680. The number of piperazine rings is 1. The largest absolute Gasteiger partial charge is 0.444 e. The quantitative estimate of drug-likeness (QED) is 0.587. The number of amides is 1. The molecule has 0 radical (unpaired) electrons. The van der Waals surface area contributed by atoms with E-state index < -0.39 is 5.60 Å². The molecule has 0 saturated carbocycles. The van der Waals surface area contributed by atoms with Gasteiger partial charge in [-0.15, -0.1) is 6.58 Å². The average molecular weight is 286 g/mol. The molecule has 1 saturated heterocycles. The second kappa shape index (κ2) is 7.20. The molecule has 1 amide bonds. The Morgan fingerprint density at radius 1 is 1.47 bits per heavy atom.